The van der Waals surface area contributed by atoms with Crippen LogP contribution in [0.3, 0.4) is 0 Å². The monoisotopic (exact) mass is 486 g/mol. The molecule has 2 heterocycles. The van der Waals surface area contributed by atoms with E-state index in [0.717, 1.165) is 47.4 Å². The highest BCUT2D eigenvalue weighted by Gasteiger charge is 2.52. The van der Waals surface area contributed by atoms with Gasteiger partial charge in [0.15, 0.2) is 0 Å². The minimum atomic E-state index is -1.36. The van der Waals surface area contributed by atoms with Crippen LogP contribution in [0.2, 0.25) is 0 Å². The molecule has 5 amide bonds. The van der Waals surface area contributed by atoms with E-state index in [0.29, 0.717) is 29.0 Å². The molecule has 10 heteroatoms. The number of carbonyl (C=O) groups excluding carboxylic acids is 4. The molecule has 0 bridgehead atoms. The fraction of sp³-hybridized carbons (Fsp3) is 0.417. The Labute approximate surface area is 200 Å². The van der Waals surface area contributed by atoms with Crippen molar-refractivity contribution in [1.82, 2.24) is 10.2 Å². The lowest BCUT2D eigenvalue weighted by molar-refractivity contribution is -0.134. The molecule has 180 valence electrons. The smallest absolute Gasteiger partial charge is 0.325 e. The number of fused-ring (bicyclic) bond motifs is 1. The van der Waals surface area contributed by atoms with Crippen molar-refractivity contribution in [1.29, 1.82) is 0 Å². The van der Waals surface area contributed by atoms with E-state index < -0.39 is 41.7 Å². The molecule has 0 spiro atoms. The molecule has 1 aliphatic heterocycles. The summed E-state index contributed by atoms with van der Waals surface area (Å²) in [5, 5.41) is 5.78. The molecule has 34 heavy (non-hydrogen) atoms. The third-order valence-electron chi connectivity index (χ3n) is 6.39. The molecular formula is C24H27FN4O4S. The number of hydrogen-bond donors (Lipinski definition) is 3. The Balaban J connectivity index is 1.56. The number of aryl methyl sites for hydroxylation is 1. The van der Waals surface area contributed by atoms with Gasteiger partial charge in [-0.25, -0.2) is 9.18 Å². The van der Waals surface area contributed by atoms with Crippen LogP contribution in [-0.2, 0) is 28.0 Å². The van der Waals surface area contributed by atoms with Gasteiger partial charge in [-0.3, -0.25) is 19.3 Å². The average Bonchev–Trinajstić information content (AvgIpc) is 3.28. The minimum Gasteiger partial charge on any atom is -0.365 e. The molecule has 1 aromatic heterocycles. The highest BCUT2D eigenvalue weighted by atomic mass is 32.1. The third-order valence-corrected chi connectivity index (χ3v) is 7.60. The van der Waals surface area contributed by atoms with Crippen molar-refractivity contribution >= 4 is 40.1 Å². The van der Waals surface area contributed by atoms with Gasteiger partial charge in [0.1, 0.15) is 22.9 Å². The normalized spacial score (nSPS) is 19.6. The summed E-state index contributed by atoms with van der Waals surface area (Å²) in [5.74, 6) is -2.23. The first-order valence-electron chi connectivity index (χ1n) is 11.4. The van der Waals surface area contributed by atoms with Gasteiger partial charge in [-0.15, -0.1) is 11.3 Å². The number of primary amides is 1. The lowest BCUT2D eigenvalue weighted by atomic mass is 9.85. The number of anilines is 1. The fourth-order valence-electron chi connectivity index (χ4n) is 4.68. The molecule has 0 unspecified atom stereocenters. The molecule has 1 saturated heterocycles. The lowest BCUT2D eigenvalue weighted by Crippen LogP contribution is -2.44. The van der Waals surface area contributed by atoms with Crippen molar-refractivity contribution in [2.75, 3.05) is 11.9 Å². The number of halogens is 1. The van der Waals surface area contributed by atoms with Crippen molar-refractivity contribution in [3.8, 4) is 0 Å². The maximum Gasteiger partial charge on any atom is 0.325 e. The van der Waals surface area contributed by atoms with Gasteiger partial charge in [0, 0.05) is 4.88 Å². The van der Waals surface area contributed by atoms with Crippen LogP contribution in [0.25, 0.3) is 0 Å². The van der Waals surface area contributed by atoms with E-state index in [1.807, 2.05) is 6.92 Å². The van der Waals surface area contributed by atoms with E-state index in [2.05, 4.69) is 10.6 Å². The van der Waals surface area contributed by atoms with Crippen molar-refractivity contribution in [2.24, 2.45) is 5.73 Å². The summed E-state index contributed by atoms with van der Waals surface area (Å²) >= 11 is 1.31. The molecule has 0 radical (unpaired) electrons. The number of hydrogen-bond acceptors (Lipinski definition) is 5. The van der Waals surface area contributed by atoms with E-state index in [1.54, 1.807) is 0 Å². The lowest BCUT2D eigenvalue weighted by Gasteiger charge is -2.27. The summed E-state index contributed by atoms with van der Waals surface area (Å²) in [5.41, 5.74) is 5.88. The van der Waals surface area contributed by atoms with Gasteiger partial charge in [0.25, 0.3) is 11.8 Å². The predicted molar refractivity (Wildman–Crippen MR) is 126 cm³/mol. The van der Waals surface area contributed by atoms with Crippen LogP contribution in [0, 0.1) is 5.82 Å². The largest absolute Gasteiger partial charge is 0.365 e. The zero-order valence-electron chi connectivity index (χ0n) is 18.9. The molecule has 1 atom stereocenters. The van der Waals surface area contributed by atoms with Crippen LogP contribution >= 0.6 is 11.3 Å². The standard InChI is InChI=1S/C24H27FN4O4S/c1-2-3-12-24(14-8-10-15(25)11-9-14)22(32)29(23(33)28-24)13-18(30)27-21-19(20(26)31)16-6-4-5-7-17(16)34-21/h8-11H,2-7,12-13H2,1H3,(H2,26,31)(H,27,30)(H,28,33)/t24-/m0/s1. The first-order valence-corrected chi connectivity index (χ1v) is 12.2. The average molecular weight is 487 g/mol. The van der Waals surface area contributed by atoms with Gasteiger partial charge in [0.2, 0.25) is 5.91 Å². The van der Waals surface area contributed by atoms with E-state index in [1.165, 1.54) is 35.6 Å². The number of nitrogens with zero attached hydrogens (tertiary/aromatic N) is 1. The van der Waals surface area contributed by atoms with Gasteiger partial charge in [-0.05, 0) is 55.4 Å². The molecule has 2 aliphatic rings. The second kappa shape index (κ2) is 9.54. The van der Waals surface area contributed by atoms with E-state index in [-0.39, 0.29) is 0 Å². The van der Waals surface area contributed by atoms with Crippen LogP contribution in [0.15, 0.2) is 24.3 Å². The van der Waals surface area contributed by atoms with Gasteiger partial charge >= 0.3 is 6.03 Å². The quantitative estimate of drug-likeness (QED) is 0.495. The maximum absolute atomic E-state index is 13.5. The SMILES string of the molecule is CCCC[C@@]1(c2ccc(F)cc2)NC(=O)N(CC(=O)Nc2sc3c(c2C(N)=O)CCCC3)C1=O. The molecule has 1 aromatic carbocycles. The number of amides is 5. The van der Waals surface area contributed by atoms with Crippen LogP contribution < -0.4 is 16.4 Å². The van der Waals surface area contributed by atoms with Crippen molar-refractivity contribution in [2.45, 2.75) is 57.4 Å². The molecule has 0 saturated carbocycles. The Morgan fingerprint density at radius 2 is 1.91 bits per heavy atom. The summed E-state index contributed by atoms with van der Waals surface area (Å²) < 4.78 is 13.5. The molecule has 8 nitrogen and oxygen atoms in total. The Bertz CT molecular complexity index is 1150. The molecule has 4 N–H and O–H groups in total. The van der Waals surface area contributed by atoms with Crippen LogP contribution in [0.4, 0.5) is 14.2 Å². The maximum atomic E-state index is 13.5. The first kappa shape index (κ1) is 23.9. The van der Waals surface area contributed by atoms with Gasteiger partial charge in [0.05, 0.1) is 5.56 Å². The fourth-order valence-corrected chi connectivity index (χ4v) is 5.99. The van der Waals surface area contributed by atoms with E-state index >= 15 is 0 Å². The summed E-state index contributed by atoms with van der Waals surface area (Å²) in [6, 6.07) is 4.73. The summed E-state index contributed by atoms with van der Waals surface area (Å²) in [7, 11) is 0. The number of urea groups is 1. The van der Waals surface area contributed by atoms with Crippen LogP contribution in [0.1, 0.15) is 65.4 Å². The second-order valence-corrected chi connectivity index (χ2v) is 9.77. The van der Waals surface area contributed by atoms with Crippen molar-refractivity contribution in [3.05, 3.63) is 51.7 Å². The topological polar surface area (TPSA) is 122 Å². The number of benzene rings is 1. The number of thiophene rings is 1. The number of imide groups is 1. The molecule has 1 fully saturated rings. The van der Waals surface area contributed by atoms with E-state index in [4.69, 9.17) is 5.73 Å². The molecule has 2 aromatic rings. The zero-order valence-corrected chi connectivity index (χ0v) is 19.7. The first-order chi connectivity index (χ1) is 16.3. The van der Waals surface area contributed by atoms with Gasteiger partial charge < -0.3 is 16.4 Å². The number of nitrogens with one attached hydrogen (secondary N) is 2. The number of rotatable bonds is 8. The highest BCUT2D eigenvalue weighted by Crippen LogP contribution is 2.38. The summed E-state index contributed by atoms with van der Waals surface area (Å²) in [6.45, 7) is 1.45. The number of unbranched alkanes of at least 4 members (excludes halogenated alkanes) is 1. The van der Waals surface area contributed by atoms with Crippen molar-refractivity contribution in [3.63, 3.8) is 0 Å². The Morgan fingerprint density at radius 1 is 1.21 bits per heavy atom. The Morgan fingerprint density at radius 3 is 2.59 bits per heavy atom. The summed E-state index contributed by atoms with van der Waals surface area (Å²) in [4.78, 5) is 53.1. The highest BCUT2D eigenvalue weighted by molar-refractivity contribution is 7.17. The zero-order chi connectivity index (χ0) is 24.5. The number of nitrogens with two attached hydrogens (primary N) is 1. The van der Waals surface area contributed by atoms with Crippen molar-refractivity contribution < 1.29 is 23.6 Å². The molecule has 1 aliphatic carbocycles. The Hall–Kier alpha value is -3.27. The minimum absolute atomic E-state index is 0.314. The van der Waals surface area contributed by atoms with Crippen LogP contribution in [0.5, 0.6) is 0 Å². The summed E-state index contributed by atoms with van der Waals surface area (Å²) in [6.07, 6.45) is 5.25. The molecule has 4 rings (SSSR count). The van der Waals surface area contributed by atoms with Gasteiger partial charge in [-0.1, -0.05) is 31.9 Å². The van der Waals surface area contributed by atoms with Crippen LogP contribution in [-0.4, -0.2) is 35.2 Å². The Kier molecular flexibility index (Phi) is 6.70. The van der Waals surface area contributed by atoms with Gasteiger partial charge in [-0.2, -0.15) is 0 Å². The second-order valence-electron chi connectivity index (χ2n) is 8.66. The number of carbonyl (C=O) groups is 4. The third kappa shape index (κ3) is 4.29. The predicted octanol–water partition coefficient (Wildman–Crippen LogP) is 3.44. The molecular weight excluding hydrogens is 459 g/mol. The van der Waals surface area contributed by atoms with E-state index in [9.17, 15) is 23.6 Å².